The van der Waals surface area contributed by atoms with Crippen molar-refractivity contribution in [3.8, 4) is 0 Å². The SMILES string of the molecule is CC(C)C1CCCC1P(c1ccccc1)c1ccccc1.CC(C)C1CCCC1P(c1ccccc1)c1ccccc1.CCCCN=C=O.CCCCNC(=O)N(CCCC)CC1CCCC1.CCCCNCC1CCCC1. The number of amides is 2. The molecule has 0 aliphatic heterocycles. The zero-order chi connectivity index (χ0) is 56.0. The second-order valence-corrected chi connectivity index (χ2v) is 28.3. The molecule has 4 fully saturated rings. The number of aliphatic imine (C=N–C) groups is 1. The number of carbonyl (C=O) groups is 1. The number of hydrogen-bond acceptors (Lipinski definition) is 4. The third-order valence-corrected chi connectivity index (χ3v) is 22.7. The fraction of sp³-hybridized carbons (Fsp3) is 0.629. The first-order valence-electron chi connectivity index (χ1n) is 31.7. The molecule has 4 aromatic rings. The quantitative estimate of drug-likeness (QED) is 0.0318. The van der Waals surface area contributed by atoms with Crippen molar-refractivity contribution in [1.29, 1.82) is 0 Å². The summed E-state index contributed by atoms with van der Waals surface area (Å²) >= 11 is 0. The number of nitrogens with one attached hydrogen (secondary N) is 2. The molecule has 4 aliphatic rings. The molecule has 78 heavy (non-hydrogen) atoms. The zero-order valence-corrected chi connectivity index (χ0v) is 52.4. The van der Waals surface area contributed by atoms with E-state index >= 15 is 0 Å². The minimum atomic E-state index is -0.224. The van der Waals surface area contributed by atoms with Crippen molar-refractivity contribution in [2.24, 2.45) is 40.5 Å². The summed E-state index contributed by atoms with van der Waals surface area (Å²) in [5.74, 6) is 5.13. The van der Waals surface area contributed by atoms with Crippen molar-refractivity contribution < 1.29 is 9.59 Å². The number of hydrogen-bond donors (Lipinski definition) is 2. The summed E-state index contributed by atoms with van der Waals surface area (Å²) in [7, 11) is -0.448. The Hall–Kier alpha value is -3.65. The molecule has 8 heteroatoms. The van der Waals surface area contributed by atoms with Crippen molar-refractivity contribution in [2.75, 3.05) is 39.3 Å². The van der Waals surface area contributed by atoms with Crippen LogP contribution in [-0.4, -0.2) is 67.6 Å². The number of benzene rings is 4. The van der Waals surface area contributed by atoms with Gasteiger partial charge < -0.3 is 15.5 Å². The number of unbranched alkanes of at least 4 members (excludes halogenated alkanes) is 4. The van der Waals surface area contributed by atoms with Gasteiger partial charge in [0.25, 0.3) is 0 Å². The molecule has 8 rings (SSSR count). The summed E-state index contributed by atoms with van der Waals surface area (Å²) in [6, 6.07) is 45.0. The monoisotopic (exact) mass is 1100 g/mol. The maximum absolute atomic E-state index is 12.1. The second kappa shape index (κ2) is 41.4. The van der Waals surface area contributed by atoms with Gasteiger partial charge in [-0.05, 0) is 174 Å². The standard InChI is InChI=1S/2C20H25P.C15H30N2O.C10H21N.C5H9NO/c2*1-16(2)19-14-9-15-20(19)21(17-10-5-3-6-11-17)18-12-7-4-8-13-18;1-3-5-11-16-15(18)17(12-6-4-2)13-14-9-7-8-10-14;1-2-3-8-11-9-10-6-4-5-7-10;1-2-3-4-6-5-7/h2*3-8,10-13,16,19-20H,9,14-15H2,1-2H3;14H,3-13H2,1-2H3,(H,16,18);10-11H,2-9H2,1H3;2-4H2,1H3. The summed E-state index contributed by atoms with van der Waals surface area (Å²) in [5, 5.41) is 12.8. The van der Waals surface area contributed by atoms with Crippen LogP contribution in [0.25, 0.3) is 0 Å². The first-order valence-corrected chi connectivity index (χ1v) is 34.5. The molecular weight excluding hydrogens is 991 g/mol. The molecule has 4 saturated carbocycles. The Kier molecular flexibility index (Phi) is 35.5. The second-order valence-electron chi connectivity index (χ2n) is 23.5. The van der Waals surface area contributed by atoms with E-state index in [1.54, 1.807) is 21.2 Å². The minimum absolute atomic E-state index is 0.156. The van der Waals surface area contributed by atoms with Gasteiger partial charge in [0.1, 0.15) is 0 Å². The van der Waals surface area contributed by atoms with Crippen LogP contribution in [-0.2, 0) is 4.79 Å². The van der Waals surface area contributed by atoms with E-state index in [1.165, 1.54) is 122 Å². The summed E-state index contributed by atoms with van der Waals surface area (Å²) in [6.07, 6.45) is 30.4. The number of isocyanates is 1. The van der Waals surface area contributed by atoms with Gasteiger partial charge in [0.2, 0.25) is 6.08 Å². The third kappa shape index (κ3) is 25.0. The van der Waals surface area contributed by atoms with Gasteiger partial charge in [0, 0.05) is 19.6 Å². The molecule has 0 bridgehead atoms. The number of urea groups is 1. The number of nitrogens with zero attached hydrogens (tertiary/aromatic N) is 2. The number of rotatable bonds is 24. The van der Waals surface area contributed by atoms with Crippen LogP contribution in [0.3, 0.4) is 0 Å². The topological polar surface area (TPSA) is 73.8 Å². The largest absolute Gasteiger partial charge is 0.338 e. The Morgan fingerprint density at radius 3 is 1.31 bits per heavy atom. The molecule has 2 amide bonds. The van der Waals surface area contributed by atoms with Crippen LogP contribution >= 0.6 is 15.8 Å². The molecule has 0 radical (unpaired) electrons. The normalized spacial score (nSPS) is 19.0. The van der Waals surface area contributed by atoms with E-state index < -0.39 is 0 Å². The van der Waals surface area contributed by atoms with Gasteiger partial charge in [0.15, 0.2) is 0 Å². The highest BCUT2D eigenvalue weighted by Gasteiger charge is 2.38. The highest BCUT2D eigenvalue weighted by Crippen LogP contribution is 2.53. The molecule has 4 unspecified atom stereocenters. The molecule has 6 nitrogen and oxygen atoms in total. The summed E-state index contributed by atoms with van der Waals surface area (Å²) in [4.78, 5) is 26.9. The average molecular weight is 1100 g/mol. The Bertz CT molecular complexity index is 1920. The third-order valence-electron chi connectivity index (χ3n) is 16.7. The lowest BCUT2D eigenvalue weighted by Crippen LogP contribution is -2.43. The van der Waals surface area contributed by atoms with Crippen LogP contribution in [0.2, 0.25) is 0 Å². The Morgan fingerprint density at radius 2 is 0.923 bits per heavy atom. The smallest absolute Gasteiger partial charge is 0.317 e. The Morgan fingerprint density at radius 1 is 0.526 bits per heavy atom. The maximum atomic E-state index is 12.1. The van der Waals surface area contributed by atoms with Crippen LogP contribution < -0.4 is 31.9 Å². The van der Waals surface area contributed by atoms with Crippen LogP contribution in [0.1, 0.15) is 197 Å². The van der Waals surface area contributed by atoms with Crippen molar-refractivity contribution in [3.05, 3.63) is 121 Å². The first-order chi connectivity index (χ1) is 38.2. The zero-order valence-electron chi connectivity index (χ0n) is 50.6. The predicted molar refractivity (Wildman–Crippen MR) is 344 cm³/mol. The highest BCUT2D eigenvalue weighted by molar-refractivity contribution is 7.74. The molecule has 2 N–H and O–H groups in total. The molecular formula is C70H110N4O2P2. The summed E-state index contributed by atoms with van der Waals surface area (Å²) in [5.41, 5.74) is 1.70. The van der Waals surface area contributed by atoms with Crippen LogP contribution in [0.15, 0.2) is 126 Å². The van der Waals surface area contributed by atoms with Gasteiger partial charge in [-0.3, -0.25) is 0 Å². The van der Waals surface area contributed by atoms with E-state index in [9.17, 15) is 9.59 Å². The van der Waals surface area contributed by atoms with Gasteiger partial charge in [-0.1, -0.05) is 241 Å². The molecule has 0 spiro atoms. The molecule has 432 valence electrons. The van der Waals surface area contributed by atoms with E-state index in [4.69, 9.17) is 0 Å². The molecule has 0 heterocycles. The lowest BCUT2D eigenvalue weighted by Gasteiger charge is -2.32. The minimum Gasteiger partial charge on any atom is -0.338 e. The van der Waals surface area contributed by atoms with Crippen molar-refractivity contribution >= 4 is 49.2 Å². The fourth-order valence-corrected chi connectivity index (χ4v) is 19.0. The lowest BCUT2D eigenvalue weighted by atomic mass is 9.94. The van der Waals surface area contributed by atoms with E-state index in [-0.39, 0.29) is 21.9 Å². The van der Waals surface area contributed by atoms with Crippen molar-refractivity contribution in [2.45, 2.75) is 208 Å². The molecule has 4 aromatic carbocycles. The van der Waals surface area contributed by atoms with Gasteiger partial charge in [-0.2, -0.15) is 0 Å². The average Bonchev–Trinajstić information content (AvgIpc) is 4.37. The van der Waals surface area contributed by atoms with Gasteiger partial charge in [-0.25, -0.2) is 14.6 Å². The van der Waals surface area contributed by atoms with Crippen molar-refractivity contribution in [3.63, 3.8) is 0 Å². The van der Waals surface area contributed by atoms with E-state index in [0.717, 1.165) is 105 Å². The first kappa shape index (κ1) is 66.9. The Labute approximate surface area is 480 Å². The molecule has 4 atom stereocenters. The van der Waals surface area contributed by atoms with Crippen molar-refractivity contribution in [1.82, 2.24) is 15.5 Å². The predicted octanol–water partition coefficient (Wildman–Crippen LogP) is 17.4. The van der Waals surface area contributed by atoms with Gasteiger partial charge in [0.05, 0.1) is 6.54 Å². The Balaban J connectivity index is 0.000000220. The van der Waals surface area contributed by atoms with Crippen LogP contribution in [0.5, 0.6) is 0 Å². The lowest BCUT2D eigenvalue weighted by molar-refractivity contribution is 0.186. The van der Waals surface area contributed by atoms with Crippen LogP contribution in [0, 0.1) is 35.5 Å². The molecule has 4 aliphatic carbocycles. The molecule has 0 saturated heterocycles. The van der Waals surface area contributed by atoms with E-state index in [1.807, 2.05) is 0 Å². The molecule has 0 aromatic heterocycles. The summed E-state index contributed by atoms with van der Waals surface area (Å²) in [6.45, 7) is 24.1. The fourth-order valence-electron chi connectivity index (χ4n) is 12.3. The highest BCUT2D eigenvalue weighted by atomic mass is 31.1. The van der Waals surface area contributed by atoms with Crippen LogP contribution in [0.4, 0.5) is 4.79 Å². The van der Waals surface area contributed by atoms with Gasteiger partial charge >= 0.3 is 6.03 Å². The van der Waals surface area contributed by atoms with E-state index in [0.29, 0.717) is 6.54 Å². The van der Waals surface area contributed by atoms with E-state index in [2.05, 4.69) is 197 Å². The van der Waals surface area contributed by atoms with Gasteiger partial charge in [-0.15, -0.1) is 0 Å². The summed E-state index contributed by atoms with van der Waals surface area (Å²) < 4.78 is 0. The maximum Gasteiger partial charge on any atom is 0.317 e. The number of carbonyl (C=O) groups excluding carboxylic acids is 2.